The van der Waals surface area contributed by atoms with Gasteiger partial charge >= 0.3 is 6.09 Å². The van der Waals surface area contributed by atoms with E-state index < -0.39 is 17.7 Å². The van der Waals surface area contributed by atoms with Gasteiger partial charge in [0, 0.05) is 6.54 Å². The summed E-state index contributed by atoms with van der Waals surface area (Å²) >= 11 is 3.39. The highest BCUT2D eigenvalue weighted by atomic mass is 32.2. The number of thioether (sulfide) groups is 2. The number of amides is 2. The smallest absolute Gasteiger partial charge is 0.408 e. The largest absolute Gasteiger partial charge is 0.444 e. The van der Waals surface area contributed by atoms with E-state index >= 15 is 0 Å². The van der Waals surface area contributed by atoms with Crippen LogP contribution in [0, 0.1) is 0 Å². The number of hydrogen-bond acceptors (Lipinski definition) is 5. The Morgan fingerprint density at radius 3 is 2.29 bits per heavy atom. The van der Waals surface area contributed by atoms with Gasteiger partial charge in [-0.2, -0.15) is 23.5 Å². The molecule has 124 valence electrons. The van der Waals surface area contributed by atoms with Gasteiger partial charge in [0.1, 0.15) is 11.6 Å². The van der Waals surface area contributed by atoms with Gasteiger partial charge in [0.15, 0.2) is 0 Å². The molecule has 7 heteroatoms. The third-order valence-corrected chi connectivity index (χ3v) is 3.78. The second-order valence-corrected chi connectivity index (χ2v) is 7.59. The molecule has 0 heterocycles. The quantitative estimate of drug-likeness (QED) is 0.633. The lowest BCUT2D eigenvalue weighted by atomic mass is 10.2. The van der Waals surface area contributed by atoms with E-state index in [1.807, 2.05) is 12.5 Å². The minimum Gasteiger partial charge on any atom is -0.444 e. The highest BCUT2D eigenvalue weighted by molar-refractivity contribution is 7.98. The standard InChI is InChI=1S/C14H28N2O3S2/c1-14(2,3)19-13(18)16-11(7-10-21-5)12(17)15-8-6-9-20-4/h11H,6-10H2,1-5H3,(H,15,17)(H,16,18). The molecule has 21 heavy (non-hydrogen) atoms. The van der Waals surface area contributed by atoms with Crippen molar-refractivity contribution in [3.05, 3.63) is 0 Å². The first kappa shape index (κ1) is 20.4. The minimum absolute atomic E-state index is 0.143. The van der Waals surface area contributed by atoms with Crippen LogP contribution in [-0.4, -0.2) is 54.2 Å². The topological polar surface area (TPSA) is 67.4 Å². The first-order valence-electron chi connectivity index (χ1n) is 7.05. The van der Waals surface area contributed by atoms with Crippen LogP contribution >= 0.6 is 23.5 Å². The molecule has 0 aliphatic rings. The molecule has 0 saturated carbocycles. The normalized spacial score (nSPS) is 12.6. The summed E-state index contributed by atoms with van der Waals surface area (Å²) in [6.45, 7) is 6.02. The SMILES string of the molecule is CSCCCNC(=O)C(CCSC)NC(=O)OC(C)(C)C. The molecule has 0 bridgehead atoms. The van der Waals surface area contributed by atoms with Gasteiger partial charge < -0.3 is 15.4 Å². The second-order valence-electron chi connectivity index (χ2n) is 5.62. The third kappa shape index (κ3) is 11.7. The molecule has 0 aromatic heterocycles. The zero-order chi connectivity index (χ0) is 16.3. The molecule has 0 aliphatic carbocycles. The van der Waals surface area contributed by atoms with Crippen LogP contribution in [0.1, 0.15) is 33.6 Å². The number of nitrogens with one attached hydrogen (secondary N) is 2. The van der Waals surface area contributed by atoms with Crippen molar-refractivity contribution >= 4 is 35.5 Å². The van der Waals surface area contributed by atoms with Crippen LogP contribution in [0.15, 0.2) is 0 Å². The third-order valence-electron chi connectivity index (χ3n) is 2.44. The summed E-state index contributed by atoms with van der Waals surface area (Å²) in [5.41, 5.74) is -0.567. The van der Waals surface area contributed by atoms with E-state index in [0.717, 1.165) is 17.9 Å². The first-order valence-corrected chi connectivity index (χ1v) is 9.84. The predicted octanol–water partition coefficient (Wildman–Crippen LogP) is 2.50. The van der Waals surface area contributed by atoms with Crippen molar-refractivity contribution < 1.29 is 14.3 Å². The zero-order valence-electron chi connectivity index (χ0n) is 13.7. The van der Waals surface area contributed by atoms with Crippen molar-refractivity contribution in [3.8, 4) is 0 Å². The van der Waals surface area contributed by atoms with Crippen molar-refractivity contribution in [1.29, 1.82) is 0 Å². The fourth-order valence-corrected chi connectivity index (χ4v) is 2.41. The molecule has 5 nitrogen and oxygen atoms in total. The Kier molecular flexibility index (Phi) is 10.8. The van der Waals surface area contributed by atoms with E-state index in [1.54, 1.807) is 44.3 Å². The van der Waals surface area contributed by atoms with Crippen LogP contribution in [-0.2, 0) is 9.53 Å². The van der Waals surface area contributed by atoms with E-state index in [1.165, 1.54) is 0 Å². The molecular formula is C14H28N2O3S2. The van der Waals surface area contributed by atoms with E-state index in [4.69, 9.17) is 4.74 Å². The molecule has 0 saturated heterocycles. The van der Waals surface area contributed by atoms with Crippen molar-refractivity contribution in [2.45, 2.75) is 45.3 Å². The van der Waals surface area contributed by atoms with E-state index in [2.05, 4.69) is 10.6 Å². The summed E-state index contributed by atoms with van der Waals surface area (Å²) in [4.78, 5) is 23.9. The minimum atomic E-state index is -0.567. The van der Waals surface area contributed by atoms with Crippen LogP contribution in [0.5, 0.6) is 0 Å². The van der Waals surface area contributed by atoms with E-state index in [-0.39, 0.29) is 5.91 Å². The van der Waals surface area contributed by atoms with Gasteiger partial charge in [0.2, 0.25) is 5.91 Å². The molecule has 0 rings (SSSR count). The molecule has 0 fully saturated rings. The predicted molar refractivity (Wildman–Crippen MR) is 92.2 cm³/mol. The average Bonchev–Trinajstić information content (AvgIpc) is 2.37. The van der Waals surface area contributed by atoms with Crippen molar-refractivity contribution in [1.82, 2.24) is 10.6 Å². The molecule has 1 atom stereocenters. The number of hydrogen-bond donors (Lipinski definition) is 2. The lowest BCUT2D eigenvalue weighted by Crippen LogP contribution is -2.48. The first-order chi connectivity index (χ1) is 9.80. The van der Waals surface area contributed by atoms with Crippen molar-refractivity contribution in [2.24, 2.45) is 0 Å². The maximum atomic E-state index is 12.1. The van der Waals surface area contributed by atoms with Gasteiger partial charge in [-0.15, -0.1) is 0 Å². The highest BCUT2D eigenvalue weighted by Gasteiger charge is 2.23. The van der Waals surface area contributed by atoms with Gasteiger partial charge in [-0.25, -0.2) is 4.79 Å². The van der Waals surface area contributed by atoms with Crippen LogP contribution in [0.25, 0.3) is 0 Å². The van der Waals surface area contributed by atoms with Gasteiger partial charge in [0.05, 0.1) is 0 Å². The van der Waals surface area contributed by atoms with Crippen LogP contribution in [0.3, 0.4) is 0 Å². The number of carbonyl (C=O) groups is 2. The Morgan fingerprint density at radius 2 is 1.76 bits per heavy atom. The molecule has 0 radical (unpaired) electrons. The molecule has 1 unspecified atom stereocenters. The number of carbonyl (C=O) groups excluding carboxylic acids is 2. The fraction of sp³-hybridized carbons (Fsp3) is 0.857. The summed E-state index contributed by atoms with van der Waals surface area (Å²) in [5, 5.41) is 5.52. The summed E-state index contributed by atoms with van der Waals surface area (Å²) in [7, 11) is 0. The summed E-state index contributed by atoms with van der Waals surface area (Å²) in [5.74, 6) is 1.67. The Balaban J connectivity index is 4.35. The van der Waals surface area contributed by atoms with Crippen LogP contribution < -0.4 is 10.6 Å². The molecular weight excluding hydrogens is 308 g/mol. The van der Waals surface area contributed by atoms with Gasteiger partial charge in [0.25, 0.3) is 0 Å². The molecule has 0 aliphatic heterocycles. The van der Waals surface area contributed by atoms with Crippen molar-refractivity contribution in [3.63, 3.8) is 0 Å². The Bertz CT molecular complexity index is 320. The molecule has 2 N–H and O–H groups in total. The summed E-state index contributed by atoms with van der Waals surface area (Å²) < 4.78 is 5.20. The van der Waals surface area contributed by atoms with Crippen LogP contribution in [0.2, 0.25) is 0 Å². The second kappa shape index (κ2) is 11.1. The highest BCUT2D eigenvalue weighted by Crippen LogP contribution is 2.08. The van der Waals surface area contributed by atoms with E-state index in [0.29, 0.717) is 13.0 Å². The molecule has 0 spiro atoms. The maximum Gasteiger partial charge on any atom is 0.408 e. The van der Waals surface area contributed by atoms with Gasteiger partial charge in [-0.05, 0) is 57.6 Å². The summed E-state index contributed by atoms with van der Waals surface area (Å²) in [6.07, 6.45) is 4.98. The number of rotatable bonds is 9. The Hall–Kier alpha value is -0.560. The van der Waals surface area contributed by atoms with Crippen molar-refractivity contribution in [2.75, 3.05) is 30.6 Å². The average molecular weight is 337 g/mol. The Morgan fingerprint density at radius 1 is 1.14 bits per heavy atom. The maximum absolute atomic E-state index is 12.1. The lowest BCUT2D eigenvalue weighted by molar-refractivity contribution is -0.123. The number of alkyl carbamates (subject to hydrolysis) is 1. The monoisotopic (exact) mass is 336 g/mol. The number of ether oxygens (including phenoxy) is 1. The zero-order valence-corrected chi connectivity index (χ0v) is 15.3. The molecule has 0 aromatic rings. The van der Waals surface area contributed by atoms with Gasteiger partial charge in [-0.3, -0.25) is 4.79 Å². The Labute approximate surface area is 136 Å². The van der Waals surface area contributed by atoms with Gasteiger partial charge in [-0.1, -0.05) is 0 Å². The fourth-order valence-electron chi connectivity index (χ4n) is 1.51. The molecule has 2 amide bonds. The lowest BCUT2D eigenvalue weighted by Gasteiger charge is -2.23. The molecule has 0 aromatic carbocycles. The van der Waals surface area contributed by atoms with E-state index in [9.17, 15) is 9.59 Å². The van der Waals surface area contributed by atoms with Crippen LogP contribution in [0.4, 0.5) is 4.79 Å². The summed E-state index contributed by atoms with van der Waals surface area (Å²) in [6, 6.07) is -0.540.